The summed E-state index contributed by atoms with van der Waals surface area (Å²) in [6, 6.07) is 8.06. The molecule has 0 saturated carbocycles. The number of nitrogens with zero attached hydrogens (tertiary/aromatic N) is 2. The van der Waals surface area contributed by atoms with E-state index in [0.717, 1.165) is 36.9 Å². The Morgan fingerprint density at radius 2 is 1.46 bits per heavy atom. The van der Waals surface area contributed by atoms with Crippen LogP contribution in [0, 0.1) is 10.8 Å². The highest BCUT2D eigenvalue weighted by Gasteiger charge is 2.72. The van der Waals surface area contributed by atoms with E-state index in [2.05, 4.69) is 35.0 Å². The highest BCUT2D eigenvalue weighted by atomic mass is 16.2. The van der Waals surface area contributed by atoms with Gasteiger partial charge in [0.15, 0.2) is 5.66 Å². The molecular formula is C21H27N3O2. The van der Waals surface area contributed by atoms with Gasteiger partial charge < -0.3 is 5.32 Å². The summed E-state index contributed by atoms with van der Waals surface area (Å²) >= 11 is 0. The lowest BCUT2D eigenvalue weighted by Crippen LogP contribution is -2.83. The van der Waals surface area contributed by atoms with Crippen molar-refractivity contribution in [2.75, 3.05) is 31.5 Å². The first-order valence-corrected chi connectivity index (χ1v) is 9.98. The fraction of sp³-hybridized carbons (Fsp3) is 0.619. The lowest BCUT2D eigenvalue weighted by molar-refractivity contribution is -0.235. The number of carbonyl (C=O) groups excluding carboxylic acids is 2. The maximum absolute atomic E-state index is 13.6. The van der Waals surface area contributed by atoms with Crippen LogP contribution in [-0.2, 0) is 15.3 Å². The number of hydrogen-bond acceptors (Lipinski definition) is 4. The van der Waals surface area contributed by atoms with Crippen LogP contribution in [-0.4, -0.2) is 47.7 Å². The zero-order valence-corrected chi connectivity index (χ0v) is 15.7. The van der Waals surface area contributed by atoms with Crippen LogP contribution in [0.3, 0.4) is 0 Å². The largest absolute Gasteiger partial charge is 0.323 e. The summed E-state index contributed by atoms with van der Waals surface area (Å²) in [6.45, 7) is 7.17. The lowest BCUT2D eigenvalue weighted by Gasteiger charge is -2.69. The van der Waals surface area contributed by atoms with Crippen molar-refractivity contribution in [2.24, 2.45) is 10.8 Å². The molecule has 0 aromatic heterocycles. The number of carbonyl (C=O) groups is 2. The Labute approximate surface area is 154 Å². The molecule has 6 rings (SSSR count). The summed E-state index contributed by atoms with van der Waals surface area (Å²) in [5.41, 5.74) is 0.665. The van der Waals surface area contributed by atoms with Crippen molar-refractivity contribution in [3.8, 4) is 0 Å². The molecule has 1 N–H and O–H groups in total. The van der Waals surface area contributed by atoms with Gasteiger partial charge >= 0.3 is 0 Å². The SMILES string of the molecule is CCCC12CN3CC(CCC)(CN(C1)C31C(=O)Nc3ccccc31)C2=O. The number of fused-ring (bicyclic) bond motifs is 1. The summed E-state index contributed by atoms with van der Waals surface area (Å²) in [5.74, 6) is 0.533. The van der Waals surface area contributed by atoms with Gasteiger partial charge in [0.2, 0.25) is 0 Å². The van der Waals surface area contributed by atoms with E-state index >= 15 is 0 Å². The molecule has 0 radical (unpaired) electrons. The van der Waals surface area contributed by atoms with Gasteiger partial charge in [0.25, 0.3) is 5.91 Å². The molecule has 0 atom stereocenters. The molecule has 5 heteroatoms. The minimum atomic E-state index is -0.716. The second kappa shape index (κ2) is 5.17. The van der Waals surface area contributed by atoms with Gasteiger partial charge in [0.05, 0.1) is 10.8 Å². The fourth-order valence-electron chi connectivity index (χ4n) is 6.54. The van der Waals surface area contributed by atoms with Gasteiger partial charge in [-0.1, -0.05) is 44.9 Å². The minimum Gasteiger partial charge on any atom is -0.323 e. The third-order valence-electron chi connectivity index (χ3n) is 7.18. The highest BCUT2D eigenvalue weighted by Crippen LogP contribution is 2.59. The van der Waals surface area contributed by atoms with Crippen LogP contribution in [0.15, 0.2) is 24.3 Å². The van der Waals surface area contributed by atoms with E-state index in [4.69, 9.17) is 0 Å². The standard InChI is InChI=1S/C21H27N3O2/c1-3-9-19-11-23-13-20(10-4-2,17(19)25)14-24(12-19)21(23)15-7-5-6-8-16(15)22-18(21)26/h5-8H,3-4,9-14H2,1-2H3,(H,22,26). The number of benzene rings is 1. The number of anilines is 1. The molecule has 5 nitrogen and oxygen atoms in total. The second-order valence-corrected chi connectivity index (χ2v) is 8.77. The van der Waals surface area contributed by atoms with Gasteiger partial charge in [0, 0.05) is 37.4 Å². The third kappa shape index (κ3) is 1.69. The van der Waals surface area contributed by atoms with Crippen molar-refractivity contribution in [2.45, 2.75) is 45.2 Å². The molecular weight excluding hydrogens is 326 g/mol. The number of hydrogen-bond donors (Lipinski definition) is 1. The maximum atomic E-state index is 13.6. The summed E-state index contributed by atoms with van der Waals surface area (Å²) in [5, 5.41) is 3.11. The summed E-state index contributed by atoms with van der Waals surface area (Å²) in [6.07, 6.45) is 3.85. The molecule has 138 valence electrons. The van der Waals surface area contributed by atoms with Crippen LogP contribution in [0.1, 0.15) is 45.1 Å². The van der Waals surface area contributed by atoms with Crippen molar-refractivity contribution in [3.05, 3.63) is 29.8 Å². The smallest absolute Gasteiger partial charge is 0.264 e. The number of Topliss-reactive ketones (excluding diaryl/α,β-unsaturated/α-hetero) is 1. The minimum absolute atomic E-state index is 0.0586. The first kappa shape index (κ1) is 16.5. The average molecular weight is 353 g/mol. The molecule has 4 bridgehead atoms. The zero-order valence-electron chi connectivity index (χ0n) is 15.7. The Kier molecular flexibility index (Phi) is 3.27. The molecule has 1 amide bonds. The first-order valence-electron chi connectivity index (χ1n) is 9.98. The van der Waals surface area contributed by atoms with E-state index in [1.54, 1.807) is 0 Å². The first-order chi connectivity index (χ1) is 12.5. The average Bonchev–Trinajstić information content (AvgIpc) is 2.89. The van der Waals surface area contributed by atoms with Gasteiger partial charge in [-0.2, -0.15) is 0 Å². The van der Waals surface area contributed by atoms with E-state index < -0.39 is 5.66 Å². The molecule has 0 unspecified atom stereocenters. The van der Waals surface area contributed by atoms with Gasteiger partial charge in [-0.3, -0.25) is 19.4 Å². The van der Waals surface area contributed by atoms with E-state index in [-0.39, 0.29) is 16.7 Å². The number of nitrogens with one attached hydrogen (secondary N) is 1. The van der Waals surface area contributed by atoms with Gasteiger partial charge in [-0.25, -0.2) is 0 Å². The van der Waals surface area contributed by atoms with Crippen LogP contribution >= 0.6 is 0 Å². The lowest BCUT2D eigenvalue weighted by atomic mass is 9.56. The van der Waals surface area contributed by atoms with Crippen molar-refractivity contribution < 1.29 is 9.59 Å². The van der Waals surface area contributed by atoms with E-state index in [1.165, 1.54) is 0 Å². The van der Waals surface area contributed by atoms with Crippen LogP contribution in [0.5, 0.6) is 0 Å². The summed E-state index contributed by atoms with van der Waals surface area (Å²) in [7, 11) is 0. The topological polar surface area (TPSA) is 52.6 Å². The molecule has 4 saturated heterocycles. The Balaban J connectivity index is 1.67. The normalized spacial score (nSPS) is 42.4. The Morgan fingerprint density at radius 3 is 2.00 bits per heavy atom. The van der Waals surface area contributed by atoms with Gasteiger partial charge in [0.1, 0.15) is 5.78 Å². The Hall–Kier alpha value is -1.72. The number of amides is 1. The number of ketones is 1. The number of para-hydroxylation sites is 1. The van der Waals surface area contributed by atoms with E-state index in [9.17, 15) is 9.59 Å². The zero-order chi connectivity index (χ0) is 18.2. The van der Waals surface area contributed by atoms with Gasteiger partial charge in [-0.05, 0) is 18.9 Å². The summed E-state index contributed by atoms with van der Waals surface area (Å²) in [4.78, 5) is 31.5. The van der Waals surface area contributed by atoms with Crippen molar-refractivity contribution in [1.82, 2.24) is 9.80 Å². The monoisotopic (exact) mass is 353 g/mol. The molecule has 5 heterocycles. The second-order valence-electron chi connectivity index (χ2n) is 8.77. The number of piperidine rings is 2. The fourth-order valence-corrected chi connectivity index (χ4v) is 6.54. The van der Waals surface area contributed by atoms with E-state index in [1.807, 2.05) is 18.2 Å². The molecule has 0 aliphatic carbocycles. The highest BCUT2D eigenvalue weighted by molar-refractivity contribution is 6.07. The molecule has 4 fully saturated rings. The molecule has 26 heavy (non-hydrogen) atoms. The molecule has 1 aromatic carbocycles. The van der Waals surface area contributed by atoms with Crippen molar-refractivity contribution in [3.63, 3.8) is 0 Å². The third-order valence-corrected chi connectivity index (χ3v) is 7.18. The van der Waals surface area contributed by atoms with Crippen LogP contribution in [0.2, 0.25) is 0 Å². The molecule has 5 aliphatic rings. The molecule has 1 spiro atoms. The molecule has 1 aromatic rings. The van der Waals surface area contributed by atoms with Crippen molar-refractivity contribution in [1.29, 1.82) is 0 Å². The summed E-state index contributed by atoms with van der Waals surface area (Å²) < 4.78 is 0. The van der Waals surface area contributed by atoms with Crippen LogP contribution < -0.4 is 5.32 Å². The maximum Gasteiger partial charge on any atom is 0.264 e. The Morgan fingerprint density at radius 1 is 0.923 bits per heavy atom. The van der Waals surface area contributed by atoms with Crippen LogP contribution in [0.25, 0.3) is 0 Å². The van der Waals surface area contributed by atoms with E-state index in [0.29, 0.717) is 32.0 Å². The van der Waals surface area contributed by atoms with Gasteiger partial charge in [-0.15, -0.1) is 0 Å². The molecule has 5 aliphatic heterocycles. The van der Waals surface area contributed by atoms with Crippen molar-refractivity contribution >= 4 is 17.4 Å². The predicted molar refractivity (Wildman–Crippen MR) is 99.6 cm³/mol. The Bertz CT molecular complexity index is 758. The predicted octanol–water partition coefficient (Wildman–Crippen LogP) is 2.58. The quantitative estimate of drug-likeness (QED) is 0.904. The number of rotatable bonds is 4. The van der Waals surface area contributed by atoms with Crippen LogP contribution in [0.4, 0.5) is 5.69 Å².